The number of ether oxygens (including phenoxy) is 1. The zero-order valence-corrected chi connectivity index (χ0v) is 15.5. The first kappa shape index (κ1) is 19.9. The van der Waals surface area contributed by atoms with Crippen molar-refractivity contribution in [3.05, 3.63) is 35.2 Å². The van der Waals surface area contributed by atoms with Crippen LogP contribution in [0, 0.1) is 0 Å². The van der Waals surface area contributed by atoms with Gasteiger partial charge in [-0.05, 0) is 31.0 Å². The van der Waals surface area contributed by atoms with Crippen LogP contribution in [0.4, 0.5) is 8.78 Å². The van der Waals surface area contributed by atoms with Gasteiger partial charge in [-0.1, -0.05) is 6.07 Å². The molecule has 0 unspecified atom stereocenters. The van der Waals surface area contributed by atoms with Crippen LogP contribution in [-0.4, -0.2) is 52.3 Å². The van der Waals surface area contributed by atoms with E-state index in [-0.39, 0.29) is 24.2 Å². The molecule has 0 bridgehead atoms. The Bertz CT molecular complexity index is 871. The summed E-state index contributed by atoms with van der Waals surface area (Å²) in [6, 6.07) is 4.95. The molecule has 1 aliphatic rings. The Morgan fingerprint density at radius 1 is 1.39 bits per heavy atom. The summed E-state index contributed by atoms with van der Waals surface area (Å²) >= 11 is 0. The second-order valence-electron chi connectivity index (χ2n) is 6.27. The van der Waals surface area contributed by atoms with E-state index in [9.17, 15) is 18.4 Å². The summed E-state index contributed by atoms with van der Waals surface area (Å²) in [5, 5.41) is 10.2. The highest BCUT2D eigenvalue weighted by atomic mass is 19.3. The standard InChI is InChI=1S/C18H20F2N4O4/c1-3-27-14(25)5-4-8-23(2)24-10-12-7-6-11(9-13(12)18(24)26)16-21-22-17(28-16)15(19)20/h6-7,9,15H,3-5,8,10H2,1-2H3. The maximum atomic E-state index is 12.7. The molecule has 1 aliphatic heterocycles. The minimum absolute atomic E-state index is 0.0628. The first-order chi connectivity index (χ1) is 13.4. The molecule has 1 aromatic heterocycles. The van der Waals surface area contributed by atoms with E-state index >= 15 is 0 Å². The first-order valence-electron chi connectivity index (χ1n) is 8.84. The molecule has 10 heteroatoms. The van der Waals surface area contributed by atoms with E-state index in [1.165, 1.54) is 0 Å². The van der Waals surface area contributed by atoms with E-state index in [0.29, 0.717) is 37.2 Å². The van der Waals surface area contributed by atoms with Crippen LogP contribution in [0.2, 0.25) is 0 Å². The van der Waals surface area contributed by atoms with Gasteiger partial charge >= 0.3 is 12.4 Å². The van der Waals surface area contributed by atoms with Gasteiger partial charge in [-0.25, -0.2) is 5.01 Å². The van der Waals surface area contributed by atoms with Gasteiger partial charge < -0.3 is 9.15 Å². The van der Waals surface area contributed by atoms with Crippen molar-refractivity contribution < 1.29 is 27.5 Å². The average Bonchev–Trinajstić information content (AvgIpc) is 3.27. The van der Waals surface area contributed by atoms with Crippen molar-refractivity contribution >= 4 is 11.9 Å². The fourth-order valence-corrected chi connectivity index (χ4v) is 2.94. The molecule has 0 saturated carbocycles. The minimum Gasteiger partial charge on any atom is -0.466 e. The van der Waals surface area contributed by atoms with Crippen molar-refractivity contribution in [2.24, 2.45) is 0 Å². The van der Waals surface area contributed by atoms with E-state index in [1.54, 1.807) is 42.2 Å². The molecule has 28 heavy (non-hydrogen) atoms. The number of fused-ring (bicyclic) bond motifs is 1. The van der Waals surface area contributed by atoms with E-state index in [1.807, 2.05) is 0 Å². The molecule has 8 nitrogen and oxygen atoms in total. The number of benzene rings is 1. The monoisotopic (exact) mass is 394 g/mol. The molecule has 2 aromatic rings. The summed E-state index contributed by atoms with van der Waals surface area (Å²) in [5.74, 6) is -1.31. The summed E-state index contributed by atoms with van der Waals surface area (Å²) in [6.07, 6.45) is -2.02. The molecule has 3 rings (SSSR count). The third-order valence-corrected chi connectivity index (χ3v) is 4.35. The molecule has 1 aromatic carbocycles. The van der Waals surface area contributed by atoms with Crippen LogP contribution in [0.1, 0.15) is 48.0 Å². The van der Waals surface area contributed by atoms with Gasteiger partial charge in [-0.15, -0.1) is 10.2 Å². The number of halogens is 2. The Balaban J connectivity index is 1.66. The zero-order chi connectivity index (χ0) is 20.3. The average molecular weight is 394 g/mol. The van der Waals surface area contributed by atoms with Crippen molar-refractivity contribution in [2.75, 3.05) is 20.2 Å². The van der Waals surface area contributed by atoms with Crippen molar-refractivity contribution in [1.82, 2.24) is 20.2 Å². The number of hydrazine groups is 1. The molecule has 0 saturated heterocycles. The van der Waals surface area contributed by atoms with Crippen LogP contribution in [-0.2, 0) is 16.1 Å². The second-order valence-corrected chi connectivity index (χ2v) is 6.27. The van der Waals surface area contributed by atoms with Gasteiger partial charge in [0.05, 0.1) is 13.2 Å². The highest BCUT2D eigenvalue weighted by Gasteiger charge is 2.31. The molecule has 0 spiro atoms. The molecule has 0 fully saturated rings. The van der Waals surface area contributed by atoms with Crippen LogP contribution in [0.15, 0.2) is 22.6 Å². The topological polar surface area (TPSA) is 88.8 Å². The van der Waals surface area contributed by atoms with Crippen molar-refractivity contribution in [3.63, 3.8) is 0 Å². The summed E-state index contributed by atoms with van der Waals surface area (Å²) in [5.41, 5.74) is 1.66. The lowest BCUT2D eigenvalue weighted by Crippen LogP contribution is -2.40. The maximum Gasteiger partial charge on any atom is 0.314 e. The number of alkyl halides is 2. The molecule has 0 atom stereocenters. The lowest BCUT2D eigenvalue weighted by molar-refractivity contribution is -0.143. The van der Waals surface area contributed by atoms with Crippen molar-refractivity contribution in [1.29, 1.82) is 0 Å². The smallest absolute Gasteiger partial charge is 0.314 e. The quantitative estimate of drug-likeness (QED) is 0.636. The number of aromatic nitrogens is 2. The van der Waals surface area contributed by atoms with Crippen LogP contribution in [0.25, 0.3) is 11.5 Å². The number of hydrogen-bond acceptors (Lipinski definition) is 7. The maximum absolute atomic E-state index is 12.7. The molecule has 0 aliphatic carbocycles. The Kier molecular flexibility index (Phi) is 5.98. The largest absolute Gasteiger partial charge is 0.466 e. The number of esters is 1. The summed E-state index contributed by atoms with van der Waals surface area (Å²) in [6.45, 7) is 2.99. The van der Waals surface area contributed by atoms with Crippen LogP contribution >= 0.6 is 0 Å². The molecule has 0 N–H and O–H groups in total. The highest BCUT2D eigenvalue weighted by molar-refractivity contribution is 5.99. The number of rotatable bonds is 8. The van der Waals surface area contributed by atoms with E-state index in [0.717, 1.165) is 5.56 Å². The van der Waals surface area contributed by atoms with Crippen molar-refractivity contribution in [2.45, 2.75) is 32.7 Å². The fourth-order valence-electron chi connectivity index (χ4n) is 2.94. The third-order valence-electron chi connectivity index (χ3n) is 4.35. The molecule has 0 radical (unpaired) electrons. The van der Waals surface area contributed by atoms with Gasteiger partial charge in [-0.2, -0.15) is 8.78 Å². The lowest BCUT2D eigenvalue weighted by atomic mass is 10.1. The second kappa shape index (κ2) is 8.42. The number of nitrogens with zero attached hydrogens (tertiary/aromatic N) is 4. The summed E-state index contributed by atoms with van der Waals surface area (Å²) < 4.78 is 35.1. The fraction of sp³-hybridized carbons (Fsp3) is 0.444. The molecular formula is C18H20F2N4O4. The highest BCUT2D eigenvalue weighted by Crippen LogP contribution is 2.29. The Morgan fingerprint density at radius 3 is 2.86 bits per heavy atom. The normalized spacial score (nSPS) is 13.5. The van der Waals surface area contributed by atoms with Crippen LogP contribution in [0.5, 0.6) is 0 Å². The molecule has 2 heterocycles. The van der Waals surface area contributed by atoms with E-state index in [2.05, 4.69) is 10.2 Å². The number of amides is 1. The van der Waals surface area contributed by atoms with Gasteiger partial charge in [0, 0.05) is 31.1 Å². The number of carbonyl (C=O) groups is 2. The Labute approximate surface area is 160 Å². The Morgan fingerprint density at radius 2 is 2.18 bits per heavy atom. The minimum atomic E-state index is -2.85. The molecular weight excluding hydrogens is 374 g/mol. The predicted octanol–water partition coefficient (Wildman–Crippen LogP) is 2.82. The number of carbonyl (C=O) groups excluding carboxylic acids is 2. The number of hydrogen-bond donors (Lipinski definition) is 0. The van der Waals surface area contributed by atoms with E-state index < -0.39 is 12.3 Å². The predicted molar refractivity (Wildman–Crippen MR) is 93.1 cm³/mol. The first-order valence-corrected chi connectivity index (χ1v) is 8.84. The molecule has 1 amide bonds. The van der Waals surface area contributed by atoms with Crippen LogP contribution < -0.4 is 0 Å². The van der Waals surface area contributed by atoms with Crippen LogP contribution in [0.3, 0.4) is 0 Å². The van der Waals surface area contributed by atoms with E-state index in [4.69, 9.17) is 9.15 Å². The summed E-state index contributed by atoms with van der Waals surface area (Å²) in [7, 11) is 1.77. The third kappa shape index (κ3) is 4.16. The van der Waals surface area contributed by atoms with Gasteiger partial charge in [0.2, 0.25) is 5.89 Å². The van der Waals surface area contributed by atoms with Gasteiger partial charge in [-0.3, -0.25) is 14.6 Å². The van der Waals surface area contributed by atoms with Gasteiger partial charge in [0.15, 0.2) is 0 Å². The SMILES string of the molecule is CCOC(=O)CCCN(C)N1Cc2ccc(-c3nnc(C(F)F)o3)cc2C1=O. The van der Waals surface area contributed by atoms with Gasteiger partial charge in [0.25, 0.3) is 11.8 Å². The summed E-state index contributed by atoms with van der Waals surface area (Å²) in [4.78, 5) is 24.2. The van der Waals surface area contributed by atoms with Crippen molar-refractivity contribution in [3.8, 4) is 11.5 Å². The van der Waals surface area contributed by atoms with Gasteiger partial charge in [0.1, 0.15) is 0 Å². The molecule has 150 valence electrons. The zero-order valence-electron chi connectivity index (χ0n) is 15.5. The lowest BCUT2D eigenvalue weighted by Gasteiger charge is -2.27. The Hall–Kier alpha value is -2.88.